The van der Waals surface area contributed by atoms with E-state index in [2.05, 4.69) is 15.6 Å². The third kappa shape index (κ3) is 3.94. The van der Waals surface area contributed by atoms with Crippen LogP contribution in [0.5, 0.6) is 5.75 Å². The highest BCUT2D eigenvalue weighted by Crippen LogP contribution is 2.30. The normalized spacial score (nSPS) is 24.6. The summed E-state index contributed by atoms with van der Waals surface area (Å²) < 4.78 is 10.6. The molecule has 2 N–H and O–H groups in total. The standard InChI is InChI=1S/C21H25N3O4/c1-27-15-4-6-17-14(10-15)2-5-18(24-17)19(25)7-3-13-8-9-22-11-16(13)20-12-23-21(26)28-20/h2,4-6,10,13,16,20,22H,3,7-9,11-12H2,1H3,(H,23,26)/t13-,16+,20?/m1/s1. The minimum absolute atomic E-state index is 0.0524. The number of ketones is 1. The number of cyclic esters (lactones) is 1. The first kappa shape index (κ1) is 18.7. The van der Waals surface area contributed by atoms with Gasteiger partial charge in [0.25, 0.3) is 0 Å². The Morgan fingerprint density at radius 3 is 2.96 bits per heavy atom. The number of hydrogen-bond acceptors (Lipinski definition) is 6. The quantitative estimate of drug-likeness (QED) is 0.745. The van der Waals surface area contributed by atoms with E-state index in [1.807, 2.05) is 24.3 Å². The van der Waals surface area contributed by atoms with Crippen LogP contribution in [0, 0.1) is 11.8 Å². The zero-order valence-electron chi connectivity index (χ0n) is 15.9. The van der Waals surface area contributed by atoms with Gasteiger partial charge in [0.2, 0.25) is 0 Å². The van der Waals surface area contributed by atoms with Crippen LogP contribution in [0.4, 0.5) is 4.79 Å². The lowest BCUT2D eigenvalue weighted by Gasteiger charge is -2.34. The molecule has 1 aromatic carbocycles. The summed E-state index contributed by atoms with van der Waals surface area (Å²) >= 11 is 0. The number of nitrogens with one attached hydrogen (secondary N) is 2. The second-order valence-corrected chi connectivity index (χ2v) is 7.46. The molecular formula is C21H25N3O4. The van der Waals surface area contributed by atoms with Gasteiger partial charge in [-0.05, 0) is 49.6 Å². The van der Waals surface area contributed by atoms with E-state index in [1.54, 1.807) is 13.2 Å². The maximum Gasteiger partial charge on any atom is 0.407 e. The number of amides is 1. The maximum atomic E-state index is 12.7. The van der Waals surface area contributed by atoms with Crippen molar-refractivity contribution < 1.29 is 19.1 Å². The van der Waals surface area contributed by atoms with Crippen molar-refractivity contribution in [2.45, 2.75) is 25.4 Å². The number of fused-ring (bicyclic) bond motifs is 1. The summed E-state index contributed by atoms with van der Waals surface area (Å²) in [7, 11) is 1.63. The minimum Gasteiger partial charge on any atom is -0.497 e. The highest BCUT2D eigenvalue weighted by Gasteiger charge is 2.37. The molecule has 0 spiro atoms. The first-order chi connectivity index (χ1) is 13.6. The van der Waals surface area contributed by atoms with Crippen molar-refractivity contribution >= 4 is 22.8 Å². The fraction of sp³-hybridized carbons (Fsp3) is 0.476. The van der Waals surface area contributed by atoms with Gasteiger partial charge in [0.15, 0.2) is 5.78 Å². The molecule has 0 saturated carbocycles. The van der Waals surface area contributed by atoms with Crippen LogP contribution in [-0.4, -0.2) is 49.7 Å². The van der Waals surface area contributed by atoms with Crippen molar-refractivity contribution in [1.82, 2.24) is 15.6 Å². The lowest BCUT2D eigenvalue weighted by atomic mass is 9.79. The van der Waals surface area contributed by atoms with Gasteiger partial charge in [-0.2, -0.15) is 0 Å². The maximum absolute atomic E-state index is 12.7. The Morgan fingerprint density at radius 2 is 2.18 bits per heavy atom. The van der Waals surface area contributed by atoms with Crippen LogP contribution < -0.4 is 15.4 Å². The number of pyridine rings is 1. The number of alkyl carbamates (subject to hydrolysis) is 1. The molecule has 2 fully saturated rings. The van der Waals surface area contributed by atoms with Crippen molar-refractivity contribution in [2.24, 2.45) is 11.8 Å². The van der Waals surface area contributed by atoms with E-state index in [0.29, 0.717) is 24.6 Å². The number of rotatable bonds is 6. The van der Waals surface area contributed by atoms with Crippen LogP contribution in [0.15, 0.2) is 30.3 Å². The molecule has 7 heteroatoms. The van der Waals surface area contributed by atoms with E-state index in [4.69, 9.17) is 9.47 Å². The van der Waals surface area contributed by atoms with Gasteiger partial charge in [0.1, 0.15) is 17.5 Å². The van der Waals surface area contributed by atoms with E-state index in [1.165, 1.54) is 0 Å². The first-order valence-electron chi connectivity index (χ1n) is 9.77. The summed E-state index contributed by atoms with van der Waals surface area (Å²) in [6, 6.07) is 9.32. The molecule has 2 aliphatic rings. The SMILES string of the molecule is COc1ccc2nc(C(=O)CC[C@@H]3CCNC[C@@H]3C3CNC(=O)O3)ccc2c1. The summed E-state index contributed by atoms with van der Waals surface area (Å²) in [4.78, 5) is 28.6. The third-order valence-electron chi connectivity index (χ3n) is 5.79. The smallest absolute Gasteiger partial charge is 0.407 e. The fourth-order valence-corrected chi connectivity index (χ4v) is 4.20. The van der Waals surface area contributed by atoms with Gasteiger partial charge in [-0.3, -0.25) is 4.79 Å². The molecular weight excluding hydrogens is 358 g/mol. The Hall–Kier alpha value is -2.67. The largest absolute Gasteiger partial charge is 0.497 e. The Morgan fingerprint density at radius 1 is 1.29 bits per heavy atom. The van der Waals surface area contributed by atoms with Crippen LogP contribution in [0.1, 0.15) is 29.8 Å². The van der Waals surface area contributed by atoms with Crippen LogP contribution in [0.2, 0.25) is 0 Å². The molecule has 28 heavy (non-hydrogen) atoms. The zero-order chi connectivity index (χ0) is 19.5. The Labute approximate surface area is 163 Å². The molecule has 4 rings (SSSR count). The van der Waals surface area contributed by atoms with Crippen LogP contribution in [-0.2, 0) is 4.74 Å². The average molecular weight is 383 g/mol. The Balaban J connectivity index is 1.41. The number of piperidine rings is 1. The first-order valence-corrected chi connectivity index (χ1v) is 9.77. The van der Waals surface area contributed by atoms with Crippen LogP contribution >= 0.6 is 0 Å². The van der Waals surface area contributed by atoms with E-state index < -0.39 is 0 Å². The lowest BCUT2D eigenvalue weighted by molar-refractivity contribution is 0.0608. The van der Waals surface area contributed by atoms with Crippen molar-refractivity contribution in [1.29, 1.82) is 0 Å². The van der Waals surface area contributed by atoms with E-state index in [0.717, 1.165) is 42.6 Å². The monoisotopic (exact) mass is 383 g/mol. The number of aromatic nitrogens is 1. The molecule has 2 aliphatic heterocycles. The topological polar surface area (TPSA) is 89.5 Å². The van der Waals surface area contributed by atoms with Gasteiger partial charge in [-0.15, -0.1) is 0 Å². The van der Waals surface area contributed by atoms with Gasteiger partial charge in [0.05, 0.1) is 19.2 Å². The molecule has 148 valence electrons. The van der Waals surface area contributed by atoms with Gasteiger partial charge in [0, 0.05) is 24.3 Å². The second-order valence-electron chi connectivity index (χ2n) is 7.46. The van der Waals surface area contributed by atoms with Crippen LogP contribution in [0.3, 0.4) is 0 Å². The number of carbonyl (C=O) groups excluding carboxylic acids is 2. The molecule has 1 unspecified atom stereocenters. The number of methoxy groups -OCH3 is 1. The second kappa shape index (κ2) is 8.14. The van der Waals surface area contributed by atoms with E-state index in [-0.39, 0.29) is 23.9 Å². The number of benzene rings is 1. The van der Waals surface area contributed by atoms with Gasteiger partial charge in [-0.25, -0.2) is 9.78 Å². The predicted octanol–water partition coefficient (Wildman–Crippen LogP) is 2.54. The van der Waals surface area contributed by atoms with Crippen molar-refractivity contribution in [3.63, 3.8) is 0 Å². The van der Waals surface area contributed by atoms with Gasteiger partial charge in [-0.1, -0.05) is 6.07 Å². The molecule has 2 aromatic rings. The van der Waals surface area contributed by atoms with Crippen molar-refractivity contribution in [2.75, 3.05) is 26.7 Å². The van der Waals surface area contributed by atoms with Crippen molar-refractivity contribution in [3.05, 3.63) is 36.0 Å². The molecule has 3 heterocycles. The van der Waals surface area contributed by atoms with Crippen molar-refractivity contribution in [3.8, 4) is 5.75 Å². The number of hydrogen-bond donors (Lipinski definition) is 2. The molecule has 1 aromatic heterocycles. The van der Waals surface area contributed by atoms with E-state index >= 15 is 0 Å². The summed E-state index contributed by atoms with van der Waals surface area (Å²) in [6.45, 7) is 2.29. The molecule has 1 amide bonds. The highest BCUT2D eigenvalue weighted by atomic mass is 16.6. The fourth-order valence-electron chi connectivity index (χ4n) is 4.20. The Kier molecular flexibility index (Phi) is 5.43. The lowest BCUT2D eigenvalue weighted by Crippen LogP contribution is -2.44. The number of ether oxygens (including phenoxy) is 2. The third-order valence-corrected chi connectivity index (χ3v) is 5.79. The predicted molar refractivity (Wildman–Crippen MR) is 105 cm³/mol. The minimum atomic E-state index is -0.345. The summed E-state index contributed by atoms with van der Waals surface area (Å²) in [6.07, 6.45) is 1.75. The summed E-state index contributed by atoms with van der Waals surface area (Å²) in [5.74, 6) is 1.41. The molecule has 0 bridgehead atoms. The average Bonchev–Trinajstić information content (AvgIpc) is 3.17. The van der Waals surface area contributed by atoms with Crippen LogP contribution in [0.25, 0.3) is 10.9 Å². The molecule has 0 radical (unpaired) electrons. The van der Waals surface area contributed by atoms with E-state index in [9.17, 15) is 9.59 Å². The zero-order valence-corrected chi connectivity index (χ0v) is 15.9. The number of carbonyl (C=O) groups is 2. The highest BCUT2D eigenvalue weighted by molar-refractivity contribution is 5.96. The molecule has 3 atom stereocenters. The van der Waals surface area contributed by atoms with Gasteiger partial charge < -0.3 is 20.1 Å². The molecule has 2 saturated heterocycles. The summed E-state index contributed by atoms with van der Waals surface area (Å²) in [5.41, 5.74) is 1.28. The number of Topliss-reactive ketones (excluding diaryl/α,β-unsaturated/α-hetero) is 1. The molecule has 0 aliphatic carbocycles. The molecule has 7 nitrogen and oxygen atoms in total. The van der Waals surface area contributed by atoms with Gasteiger partial charge >= 0.3 is 6.09 Å². The summed E-state index contributed by atoms with van der Waals surface area (Å²) in [5, 5.41) is 7.06. The number of nitrogens with zero attached hydrogens (tertiary/aromatic N) is 1. The Bertz CT molecular complexity index is 885.